The van der Waals surface area contributed by atoms with Gasteiger partial charge in [0.1, 0.15) is 11.6 Å². The summed E-state index contributed by atoms with van der Waals surface area (Å²) in [5.41, 5.74) is 13.1. The number of aromatic nitrogens is 2. The van der Waals surface area contributed by atoms with Gasteiger partial charge >= 0.3 is 0 Å². The Labute approximate surface area is 187 Å². The molecule has 9 nitrogen and oxygen atoms in total. The Morgan fingerprint density at radius 1 is 1.12 bits per heavy atom. The van der Waals surface area contributed by atoms with Gasteiger partial charge in [-0.25, -0.2) is 0 Å². The summed E-state index contributed by atoms with van der Waals surface area (Å²) in [6.45, 7) is 1.50. The lowest BCUT2D eigenvalue weighted by Crippen LogP contribution is -2.65. The number of fused-ring (bicyclic) bond motifs is 4. The summed E-state index contributed by atoms with van der Waals surface area (Å²) in [6, 6.07) is 12.9. The Morgan fingerprint density at radius 2 is 1.84 bits per heavy atom. The SMILES string of the molecule is Nc1cc(N2C[C@H]3C[C@@H](C2)[C@H](Cc2ccccc2)N2C(=O)CCC[C@@H]32)nc(N)n1.O=CO. The van der Waals surface area contributed by atoms with Crippen LogP contribution in [0, 0.1) is 11.8 Å². The van der Waals surface area contributed by atoms with E-state index in [4.69, 9.17) is 21.4 Å². The second-order valence-corrected chi connectivity index (χ2v) is 8.79. The van der Waals surface area contributed by atoms with Crippen molar-refractivity contribution in [1.82, 2.24) is 14.9 Å². The van der Waals surface area contributed by atoms with Gasteiger partial charge in [0.15, 0.2) is 0 Å². The average Bonchev–Trinajstić information content (AvgIpc) is 2.77. The molecule has 3 aliphatic heterocycles. The molecule has 2 aromatic rings. The molecular formula is C23H30N6O3. The number of carbonyl (C=O) groups is 2. The van der Waals surface area contributed by atoms with Gasteiger partial charge in [-0.15, -0.1) is 0 Å². The van der Waals surface area contributed by atoms with Gasteiger partial charge in [-0.3, -0.25) is 9.59 Å². The summed E-state index contributed by atoms with van der Waals surface area (Å²) in [5.74, 6) is 2.62. The molecule has 170 valence electrons. The molecule has 2 bridgehead atoms. The molecule has 32 heavy (non-hydrogen) atoms. The zero-order valence-electron chi connectivity index (χ0n) is 18.0. The van der Waals surface area contributed by atoms with E-state index in [-0.39, 0.29) is 18.5 Å². The quantitative estimate of drug-likeness (QED) is 0.617. The average molecular weight is 439 g/mol. The topological polar surface area (TPSA) is 139 Å². The molecule has 0 saturated carbocycles. The maximum Gasteiger partial charge on any atom is 0.290 e. The molecule has 0 unspecified atom stereocenters. The van der Waals surface area contributed by atoms with Crippen LogP contribution in [0.15, 0.2) is 36.4 Å². The van der Waals surface area contributed by atoms with Crippen LogP contribution < -0.4 is 16.4 Å². The molecule has 1 aromatic heterocycles. The smallest absolute Gasteiger partial charge is 0.290 e. The van der Waals surface area contributed by atoms with Crippen LogP contribution in [0.5, 0.6) is 0 Å². The molecule has 1 amide bonds. The second-order valence-electron chi connectivity index (χ2n) is 8.79. The van der Waals surface area contributed by atoms with Crippen LogP contribution >= 0.6 is 0 Å². The molecule has 3 aliphatic rings. The predicted molar refractivity (Wildman–Crippen MR) is 122 cm³/mol. The number of carboxylic acid groups (broad SMARTS) is 1. The Morgan fingerprint density at radius 3 is 2.56 bits per heavy atom. The number of amides is 1. The summed E-state index contributed by atoms with van der Waals surface area (Å²) in [6.07, 6.45) is 4.84. The van der Waals surface area contributed by atoms with Crippen molar-refractivity contribution in [3.05, 3.63) is 42.0 Å². The number of benzene rings is 1. The fourth-order valence-corrected chi connectivity index (χ4v) is 5.71. The van der Waals surface area contributed by atoms with Crippen molar-refractivity contribution < 1.29 is 14.7 Å². The Bertz CT molecular complexity index is 936. The van der Waals surface area contributed by atoms with Crippen molar-refractivity contribution >= 4 is 30.0 Å². The van der Waals surface area contributed by atoms with Crippen LogP contribution in [0.1, 0.15) is 31.2 Å². The monoisotopic (exact) mass is 438 g/mol. The van der Waals surface area contributed by atoms with E-state index in [1.54, 1.807) is 0 Å². The first-order chi connectivity index (χ1) is 15.5. The van der Waals surface area contributed by atoms with Gasteiger partial charge in [0.2, 0.25) is 11.9 Å². The van der Waals surface area contributed by atoms with E-state index in [0.717, 1.165) is 38.2 Å². The lowest BCUT2D eigenvalue weighted by atomic mass is 9.71. The minimum atomic E-state index is -0.250. The van der Waals surface area contributed by atoms with Crippen molar-refractivity contribution in [2.75, 3.05) is 29.5 Å². The van der Waals surface area contributed by atoms with Gasteiger partial charge in [0.05, 0.1) is 0 Å². The molecule has 5 N–H and O–H groups in total. The van der Waals surface area contributed by atoms with Crippen molar-refractivity contribution in [2.45, 2.75) is 44.2 Å². The number of carbonyl (C=O) groups excluding carboxylic acids is 1. The number of nitrogen functional groups attached to an aromatic ring is 2. The molecule has 3 fully saturated rings. The summed E-state index contributed by atoms with van der Waals surface area (Å²) in [7, 11) is 0. The van der Waals surface area contributed by atoms with E-state index in [1.807, 2.05) is 12.1 Å². The zero-order valence-corrected chi connectivity index (χ0v) is 18.0. The number of nitrogens with two attached hydrogens (primary N) is 2. The third-order valence-corrected chi connectivity index (χ3v) is 6.86. The molecule has 3 saturated heterocycles. The number of anilines is 3. The molecule has 5 rings (SSSR count). The molecule has 4 heterocycles. The first-order valence-corrected chi connectivity index (χ1v) is 11.1. The van der Waals surface area contributed by atoms with Crippen LogP contribution in [0.3, 0.4) is 0 Å². The third kappa shape index (κ3) is 4.46. The van der Waals surface area contributed by atoms with E-state index < -0.39 is 0 Å². The minimum absolute atomic E-state index is 0.214. The van der Waals surface area contributed by atoms with Crippen LogP contribution in [0.2, 0.25) is 0 Å². The Balaban J connectivity index is 0.000000775. The van der Waals surface area contributed by atoms with Crippen LogP contribution in [0.25, 0.3) is 0 Å². The van der Waals surface area contributed by atoms with Gasteiger partial charge in [0.25, 0.3) is 6.47 Å². The highest BCUT2D eigenvalue weighted by molar-refractivity contribution is 5.78. The molecule has 0 radical (unpaired) electrons. The van der Waals surface area contributed by atoms with Crippen LogP contribution in [-0.4, -0.2) is 57.5 Å². The van der Waals surface area contributed by atoms with Gasteiger partial charge < -0.3 is 26.4 Å². The van der Waals surface area contributed by atoms with E-state index in [0.29, 0.717) is 36.0 Å². The summed E-state index contributed by atoms with van der Waals surface area (Å²) in [5, 5.41) is 6.89. The van der Waals surface area contributed by atoms with Crippen molar-refractivity contribution in [1.29, 1.82) is 0 Å². The fraction of sp³-hybridized carbons (Fsp3) is 0.478. The molecule has 0 spiro atoms. The number of piperidine rings is 3. The van der Waals surface area contributed by atoms with Crippen molar-refractivity contribution in [3.63, 3.8) is 0 Å². The maximum absolute atomic E-state index is 13.0. The van der Waals surface area contributed by atoms with E-state index >= 15 is 0 Å². The number of hydrogen-bond acceptors (Lipinski definition) is 7. The Hall–Kier alpha value is -3.36. The Kier molecular flexibility index (Phi) is 6.43. The van der Waals surface area contributed by atoms with Gasteiger partial charge in [0, 0.05) is 37.7 Å². The van der Waals surface area contributed by atoms with Gasteiger partial charge in [-0.2, -0.15) is 9.97 Å². The van der Waals surface area contributed by atoms with E-state index in [9.17, 15) is 4.79 Å². The highest BCUT2D eigenvalue weighted by atomic mass is 16.3. The normalized spacial score (nSPS) is 26.6. The summed E-state index contributed by atoms with van der Waals surface area (Å²) < 4.78 is 0. The lowest BCUT2D eigenvalue weighted by molar-refractivity contribution is -0.148. The predicted octanol–water partition coefficient (Wildman–Crippen LogP) is 1.79. The first-order valence-electron chi connectivity index (χ1n) is 11.1. The molecular weight excluding hydrogens is 408 g/mol. The number of rotatable bonds is 3. The lowest BCUT2D eigenvalue weighted by Gasteiger charge is -2.57. The molecule has 1 aromatic carbocycles. The van der Waals surface area contributed by atoms with E-state index in [1.165, 1.54) is 12.0 Å². The maximum atomic E-state index is 13.0. The summed E-state index contributed by atoms with van der Waals surface area (Å²) in [4.78, 5) is 34.3. The number of hydrogen-bond donors (Lipinski definition) is 3. The largest absolute Gasteiger partial charge is 0.483 e. The standard InChI is InChI=1S/C22H28N6O.CH2O2/c23-19-11-20(26-22(24)25-19)27-12-15-10-16(13-27)18(9-14-5-2-1-3-6-14)28-17(15)7-4-8-21(28)29;2-1-3/h1-3,5-6,11,15-18H,4,7-10,12-13H2,(H4,23,24,25,26);1H,(H,2,3)/t15-,16+,17+,18+;/m1./s1. The highest BCUT2D eigenvalue weighted by Gasteiger charge is 2.49. The second kappa shape index (κ2) is 9.42. The van der Waals surface area contributed by atoms with Crippen LogP contribution in [0.4, 0.5) is 17.6 Å². The minimum Gasteiger partial charge on any atom is -0.483 e. The van der Waals surface area contributed by atoms with Gasteiger partial charge in [-0.05, 0) is 43.1 Å². The number of nitrogens with zero attached hydrogens (tertiary/aromatic N) is 4. The first kappa shape index (κ1) is 21.9. The summed E-state index contributed by atoms with van der Waals surface area (Å²) >= 11 is 0. The van der Waals surface area contributed by atoms with Gasteiger partial charge in [-0.1, -0.05) is 30.3 Å². The molecule has 4 atom stereocenters. The fourth-order valence-electron chi connectivity index (χ4n) is 5.71. The zero-order chi connectivity index (χ0) is 22.7. The molecule has 0 aliphatic carbocycles. The van der Waals surface area contributed by atoms with E-state index in [2.05, 4.69) is 44.0 Å². The molecule has 9 heteroatoms. The highest BCUT2D eigenvalue weighted by Crippen LogP contribution is 2.43. The van der Waals surface area contributed by atoms with Crippen LogP contribution in [-0.2, 0) is 16.0 Å². The third-order valence-electron chi connectivity index (χ3n) is 6.86. The van der Waals surface area contributed by atoms with Crippen molar-refractivity contribution in [2.24, 2.45) is 11.8 Å². The van der Waals surface area contributed by atoms with Crippen molar-refractivity contribution in [3.8, 4) is 0 Å².